The Balaban J connectivity index is 1.49. The minimum Gasteiger partial charge on any atom is -0.394 e. The van der Waals surface area contributed by atoms with E-state index in [0.29, 0.717) is 0 Å². The summed E-state index contributed by atoms with van der Waals surface area (Å²) in [5.74, 6) is 0. The third kappa shape index (κ3) is 6.74. The molecule has 0 aliphatic carbocycles. The summed E-state index contributed by atoms with van der Waals surface area (Å²) in [6.45, 7) is -0.671. The molecule has 42 heavy (non-hydrogen) atoms. The molecule has 0 aromatic rings. The molecule has 4 saturated heterocycles. The lowest BCUT2D eigenvalue weighted by Gasteiger charge is -2.48. The monoisotopic (exact) mass is 620 g/mol. The van der Waals surface area contributed by atoms with E-state index in [4.69, 9.17) is 33.2 Å². The van der Waals surface area contributed by atoms with Gasteiger partial charge in [-0.15, -0.1) is 0 Å². The van der Waals surface area contributed by atoms with Gasteiger partial charge in [-0.3, -0.25) is 0 Å². The second-order valence-electron chi connectivity index (χ2n) is 10.7. The molecular formula is C23H40O19. The van der Waals surface area contributed by atoms with Crippen molar-refractivity contribution in [3.63, 3.8) is 0 Å². The highest BCUT2D eigenvalue weighted by molar-refractivity contribution is 4.96. The van der Waals surface area contributed by atoms with Gasteiger partial charge in [-0.2, -0.15) is 0 Å². The fourth-order valence-corrected chi connectivity index (χ4v) is 5.18. The average Bonchev–Trinajstić information content (AvgIpc) is 2.96. The standard InChI is InChI=1S/C23H40O19/c1-5-9(27)18(19(20(35)37-5)42-22-15(33)12(30)11(29)7(2-24)38-22)41-23-16(34)13(31)17(8(3-25)39-23)40-21-14(32)10(28)6(26)4-36-21/h5-35H,2-4H2,1H3/t5-,6-,7-,8-,9+,10+,11-,12+,13-,14-,15-,16-,17-,18+,19-,20?,21+,22+,23+/m1/s1. The van der Waals surface area contributed by atoms with Crippen LogP contribution < -0.4 is 0 Å². The van der Waals surface area contributed by atoms with Crippen LogP contribution in [0.5, 0.6) is 0 Å². The zero-order valence-electron chi connectivity index (χ0n) is 22.3. The predicted octanol–water partition coefficient (Wildman–Crippen LogP) is -8.08. The van der Waals surface area contributed by atoms with Crippen LogP contribution in [0.3, 0.4) is 0 Å². The SMILES string of the molecule is C[C@H]1OC(O)[C@H](O[C@@H]2O[C@H](CO)[C@@H](O)[C@H](O)[C@H]2O)[C@@H](O[C@@H]2O[C@H](CO)[C@@H](O[C@@H]3OC[C@@H](O)[C@H](O)[C@H]3O)[C@H](O)[C@H]2O)[C@H]1O. The van der Waals surface area contributed by atoms with E-state index in [1.807, 2.05) is 0 Å². The van der Waals surface area contributed by atoms with Crippen LogP contribution in [0.1, 0.15) is 6.92 Å². The molecule has 19 heteroatoms. The molecule has 4 aliphatic heterocycles. The summed E-state index contributed by atoms with van der Waals surface area (Å²) in [6.07, 6.45) is -31.6. The van der Waals surface area contributed by atoms with E-state index in [1.54, 1.807) is 0 Å². The molecule has 19 atom stereocenters. The molecule has 0 amide bonds. The molecule has 4 rings (SSSR count). The maximum absolute atomic E-state index is 10.8. The highest BCUT2D eigenvalue weighted by atomic mass is 16.8. The lowest BCUT2D eigenvalue weighted by atomic mass is 9.96. The van der Waals surface area contributed by atoms with E-state index in [9.17, 15) is 61.3 Å². The Morgan fingerprint density at radius 1 is 0.524 bits per heavy atom. The van der Waals surface area contributed by atoms with E-state index in [-0.39, 0.29) is 0 Å². The van der Waals surface area contributed by atoms with Crippen LogP contribution in [-0.2, 0) is 33.2 Å². The Bertz CT molecular complexity index is 851. The summed E-state index contributed by atoms with van der Waals surface area (Å²) in [6, 6.07) is 0. The van der Waals surface area contributed by atoms with Gasteiger partial charge in [0.05, 0.1) is 25.9 Å². The first kappa shape index (κ1) is 34.1. The summed E-state index contributed by atoms with van der Waals surface area (Å²) < 4.78 is 38.0. The number of hydrogen-bond donors (Lipinski definition) is 12. The Kier molecular flexibility index (Phi) is 11.5. The zero-order chi connectivity index (χ0) is 31.0. The van der Waals surface area contributed by atoms with Gasteiger partial charge in [-0.25, -0.2) is 0 Å². The van der Waals surface area contributed by atoms with Crippen LogP contribution in [0.25, 0.3) is 0 Å². The van der Waals surface area contributed by atoms with Gasteiger partial charge in [0.25, 0.3) is 0 Å². The number of hydrogen-bond acceptors (Lipinski definition) is 19. The van der Waals surface area contributed by atoms with E-state index >= 15 is 0 Å². The van der Waals surface area contributed by atoms with Gasteiger partial charge < -0.3 is 94.4 Å². The summed E-state index contributed by atoms with van der Waals surface area (Å²) >= 11 is 0. The third-order valence-corrected chi connectivity index (χ3v) is 7.77. The number of aliphatic hydroxyl groups excluding tert-OH is 12. The van der Waals surface area contributed by atoms with Crippen molar-refractivity contribution in [3.8, 4) is 0 Å². The first-order chi connectivity index (χ1) is 19.8. The van der Waals surface area contributed by atoms with Crippen molar-refractivity contribution in [2.45, 2.75) is 124 Å². The number of aliphatic hydroxyl groups is 12. The summed E-state index contributed by atoms with van der Waals surface area (Å²) in [4.78, 5) is 0. The first-order valence-electron chi connectivity index (χ1n) is 13.4. The van der Waals surface area contributed by atoms with Gasteiger partial charge in [0.15, 0.2) is 25.2 Å². The van der Waals surface area contributed by atoms with E-state index in [2.05, 4.69) is 0 Å². The van der Waals surface area contributed by atoms with Crippen LogP contribution >= 0.6 is 0 Å². The maximum atomic E-state index is 10.8. The van der Waals surface area contributed by atoms with Crippen molar-refractivity contribution in [3.05, 3.63) is 0 Å². The fraction of sp³-hybridized carbons (Fsp3) is 1.00. The first-order valence-corrected chi connectivity index (χ1v) is 13.4. The fourth-order valence-electron chi connectivity index (χ4n) is 5.18. The van der Waals surface area contributed by atoms with Crippen molar-refractivity contribution >= 4 is 0 Å². The topological polar surface area (TPSA) is 307 Å². The molecule has 12 N–H and O–H groups in total. The molecule has 0 spiro atoms. The summed E-state index contributed by atoms with van der Waals surface area (Å²) in [5.41, 5.74) is 0. The van der Waals surface area contributed by atoms with Crippen molar-refractivity contribution in [2.24, 2.45) is 0 Å². The second-order valence-corrected chi connectivity index (χ2v) is 10.7. The van der Waals surface area contributed by atoms with E-state index < -0.39 is 137 Å². The molecular weight excluding hydrogens is 580 g/mol. The molecule has 4 aliphatic rings. The minimum atomic E-state index is -1.95. The van der Waals surface area contributed by atoms with Gasteiger partial charge in [0.2, 0.25) is 0 Å². The highest BCUT2D eigenvalue weighted by Gasteiger charge is 2.54. The zero-order valence-corrected chi connectivity index (χ0v) is 22.3. The lowest BCUT2D eigenvalue weighted by Crippen LogP contribution is -2.67. The molecule has 0 bridgehead atoms. The highest BCUT2D eigenvalue weighted by Crippen LogP contribution is 2.34. The van der Waals surface area contributed by atoms with E-state index in [1.165, 1.54) is 6.92 Å². The van der Waals surface area contributed by atoms with Crippen LogP contribution in [0, 0.1) is 0 Å². The average molecular weight is 621 g/mol. The Hall–Kier alpha value is -0.760. The molecule has 246 valence electrons. The van der Waals surface area contributed by atoms with Crippen LogP contribution in [-0.4, -0.2) is 198 Å². The summed E-state index contributed by atoms with van der Waals surface area (Å²) in [7, 11) is 0. The number of rotatable bonds is 8. The number of ether oxygens (including phenoxy) is 7. The van der Waals surface area contributed by atoms with Gasteiger partial charge in [-0.1, -0.05) is 0 Å². The lowest BCUT2D eigenvalue weighted by molar-refractivity contribution is -0.391. The molecule has 0 saturated carbocycles. The normalized spacial score (nSPS) is 54.1. The van der Waals surface area contributed by atoms with Crippen molar-refractivity contribution < 1.29 is 94.4 Å². The Morgan fingerprint density at radius 3 is 1.67 bits per heavy atom. The van der Waals surface area contributed by atoms with Gasteiger partial charge in [-0.05, 0) is 6.92 Å². The second kappa shape index (κ2) is 14.1. The van der Waals surface area contributed by atoms with Crippen molar-refractivity contribution in [1.82, 2.24) is 0 Å². The van der Waals surface area contributed by atoms with E-state index in [0.717, 1.165) is 0 Å². The van der Waals surface area contributed by atoms with Crippen LogP contribution in [0.15, 0.2) is 0 Å². The van der Waals surface area contributed by atoms with Crippen molar-refractivity contribution in [2.75, 3.05) is 19.8 Å². The van der Waals surface area contributed by atoms with Gasteiger partial charge >= 0.3 is 0 Å². The van der Waals surface area contributed by atoms with Gasteiger partial charge in [0, 0.05) is 0 Å². The third-order valence-electron chi connectivity index (χ3n) is 7.77. The Labute approximate surface area is 238 Å². The smallest absolute Gasteiger partial charge is 0.187 e. The molecule has 19 nitrogen and oxygen atoms in total. The molecule has 4 heterocycles. The van der Waals surface area contributed by atoms with Crippen LogP contribution in [0.2, 0.25) is 0 Å². The minimum absolute atomic E-state index is 0.428. The molecule has 0 radical (unpaired) electrons. The van der Waals surface area contributed by atoms with Gasteiger partial charge in [0.1, 0.15) is 85.5 Å². The maximum Gasteiger partial charge on any atom is 0.187 e. The van der Waals surface area contributed by atoms with Crippen LogP contribution in [0.4, 0.5) is 0 Å². The molecule has 0 aromatic heterocycles. The summed E-state index contributed by atoms with van der Waals surface area (Å²) in [5, 5.41) is 123. The Morgan fingerprint density at radius 2 is 1.05 bits per heavy atom. The predicted molar refractivity (Wildman–Crippen MR) is 126 cm³/mol. The molecule has 0 aromatic carbocycles. The quantitative estimate of drug-likeness (QED) is 0.120. The van der Waals surface area contributed by atoms with Crippen molar-refractivity contribution in [1.29, 1.82) is 0 Å². The molecule has 4 fully saturated rings. The largest absolute Gasteiger partial charge is 0.394 e. The molecule has 1 unspecified atom stereocenters.